The van der Waals surface area contributed by atoms with E-state index in [1.807, 2.05) is 18.3 Å². The molecule has 0 bridgehead atoms. The van der Waals surface area contributed by atoms with Gasteiger partial charge in [-0.3, -0.25) is 4.98 Å². The third-order valence-corrected chi connectivity index (χ3v) is 6.97. The summed E-state index contributed by atoms with van der Waals surface area (Å²) in [6.07, 6.45) is 10.9. The van der Waals surface area contributed by atoms with Crippen LogP contribution < -0.4 is 5.32 Å². The zero-order chi connectivity index (χ0) is 24.4. The standard InChI is InChI=1S/C30H46FN3/c1-5-32-18-8-6-7-9-25-11-12-26(21-29(25)31)27-13-15-28(33-22-27)14-10-24-16-19-34(20-17-24)23-30(2,3)4/h11-13,15,21-22,24,32H,5-10,14,16-20,23H2,1-4H3. The third-order valence-electron chi connectivity index (χ3n) is 6.97. The smallest absolute Gasteiger partial charge is 0.127 e. The molecule has 188 valence electrons. The first-order chi connectivity index (χ1) is 16.3. The minimum absolute atomic E-state index is 0.0916. The monoisotopic (exact) mass is 467 g/mol. The minimum atomic E-state index is -0.0916. The van der Waals surface area contributed by atoms with Gasteiger partial charge in [-0.2, -0.15) is 0 Å². The van der Waals surface area contributed by atoms with E-state index in [0.29, 0.717) is 5.41 Å². The number of piperidine rings is 1. The summed E-state index contributed by atoms with van der Waals surface area (Å²) >= 11 is 0. The highest BCUT2D eigenvalue weighted by Crippen LogP contribution is 2.26. The Morgan fingerprint density at radius 1 is 1.00 bits per heavy atom. The molecular formula is C30H46FN3. The predicted octanol–water partition coefficient (Wildman–Crippen LogP) is 6.90. The number of nitrogens with zero attached hydrogens (tertiary/aromatic N) is 2. The van der Waals surface area contributed by atoms with Gasteiger partial charge in [0.2, 0.25) is 0 Å². The summed E-state index contributed by atoms with van der Waals surface area (Å²) < 4.78 is 14.7. The number of unbranched alkanes of at least 4 members (excludes halogenated alkanes) is 2. The molecule has 0 unspecified atom stereocenters. The van der Waals surface area contributed by atoms with E-state index in [1.54, 1.807) is 6.07 Å². The van der Waals surface area contributed by atoms with Crippen LogP contribution in [-0.4, -0.2) is 42.6 Å². The second-order valence-electron chi connectivity index (χ2n) is 11.3. The first-order valence-electron chi connectivity index (χ1n) is 13.5. The highest BCUT2D eigenvalue weighted by molar-refractivity contribution is 5.63. The molecule has 1 N–H and O–H groups in total. The van der Waals surface area contributed by atoms with Crippen LogP contribution in [0.3, 0.4) is 0 Å². The van der Waals surface area contributed by atoms with Gasteiger partial charge in [0.05, 0.1) is 0 Å². The molecule has 1 aliphatic heterocycles. The summed E-state index contributed by atoms with van der Waals surface area (Å²) in [5, 5.41) is 3.34. The van der Waals surface area contributed by atoms with Crippen molar-refractivity contribution >= 4 is 0 Å². The van der Waals surface area contributed by atoms with Crippen molar-refractivity contribution in [3.63, 3.8) is 0 Å². The van der Waals surface area contributed by atoms with Crippen molar-refractivity contribution < 1.29 is 4.39 Å². The van der Waals surface area contributed by atoms with Crippen molar-refractivity contribution in [2.45, 2.75) is 79.1 Å². The Morgan fingerprint density at radius 3 is 2.41 bits per heavy atom. The molecular weight excluding hydrogens is 421 g/mol. The van der Waals surface area contributed by atoms with E-state index in [0.717, 1.165) is 73.5 Å². The lowest BCUT2D eigenvalue weighted by atomic mass is 9.89. The van der Waals surface area contributed by atoms with E-state index >= 15 is 0 Å². The second kappa shape index (κ2) is 13.3. The van der Waals surface area contributed by atoms with Crippen molar-refractivity contribution in [2.24, 2.45) is 11.3 Å². The number of pyridine rings is 1. The van der Waals surface area contributed by atoms with Crippen LogP contribution in [0.25, 0.3) is 11.1 Å². The molecule has 1 aromatic carbocycles. The van der Waals surface area contributed by atoms with E-state index in [1.165, 1.54) is 38.9 Å². The first kappa shape index (κ1) is 26.8. The molecule has 0 amide bonds. The maximum Gasteiger partial charge on any atom is 0.127 e. The Hall–Kier alpha value is -1.78. The maximum absolute atomic E-state index is 14.7. The van der Waals surface area contributed by atoms with Crippen molar-refractivity contribution in [1.82, 2.24) is 15.2 Å². The Morgan fingerprint density at radius 2 is 1.76 bits per heavy atom. The molecule has 0 saturated carbocycles. The molecule has 34 heavy (non-hydrogen) atoms. The molecule has 3 rings (SSSR count). The number of rotatable bonds is 12. The fourth-order valence-electron chi connectivity index (χ4n) is 5.05. The topological polar surface area (TPSA) is 28.2 Å². The second-order valence-corrected chi connectivity index (χ2v) is 11.3. The summed E-state index contributed by atoms with van der Waals surface area (Å²) in [5.74, 6) is 0.716. The van der Waals surface area contributed by atoms with Crippen LogP contribution in [0.5, 0.6) is 0 Å². The van der Waals surface area contributed by atoms with Crippen molar-refractivity contribution in [3.05, 3.63) is 53.6 Å². The van der Waals surface area contributed by atoms with Crippen molar-refractivity contribution in [3.8, 4) is 11.1 Å². The molecule has 1 saturated heterocycles. The number of aromatic nitrogens is 1. The SMILES string of the molecule is CCNCCCCCc1ccc(-c2ccc(CCC3CCN(CC(C)(C)C)CC3)nc2)cc1F. The number of aryl methyl sites for hydroxylation is 2. The van der Waals surface area contributed by atoms with Crippen LogP contribution >= 0.6 is 0 Å². The van der Waals surface area contributed by atoms with Crippen LogP contribution in [0.4, 0.5) is 4.39 Å². The minimum Gasteiger partial charge on any atom is -0.317 e. The zero-order valence-corrected chi connectivity index (χ0v) is 22.0. The average Bonchev–Trinajstić information content (AvgIpc) is 2.81. The van der Waals surface area contributed by atoms with Gasteiger partial charge in [0.15, 0.2) is 0 Å². The number of hydrogen-bond acceptors (Lipinski definition) is 3. The Labute approximate surface area is 207 Å². The highest BCUT2D eigenvalue weighted by Gasteiger charge is 2.22. The number of hydrogen-bond donors (Lipinski definition) is 1. The van der Waals surface area contributed by atoms with Gasteiger partial charge in [0.1, 0.15) is 5.82 Å². The molecule has 0 atom stereocenters. The van der Waals surface area contributed by atoms with Crippen LogP contribution in [-0.2, 0) is 12.8 Å². The fourth-order valence-corrected chi connectivity index (χ4v) is 5.05. The highest BCUT2D eigenvalue weighted by atomic mass is 19.1. The molecule has 0 aliphatic carbocycles. The fraction of sp³-hybridized carbons (Fsp3) is 0.633. The van der Waals surface area contributed by atoms with Crippen LogP contribution in [0.1, 0.15) is 77.5 Å². The molecule has 1 aromatic heterocycles. The lowest BCUT2D eigenvalue weighted by Gasteiger charge is -2.36. The Kier molecular flexibility index (Phi) is 10.5. The van der Waals surface area contributed by atoms with Crippen LogP contribution in [0, 0.1) is 17.2 Å². The molecule has 2 heterocycles. The van der Waals surface area contributed by atoms with Gasteiger partial charge in [-0.15, -0.1) is 0 Å². The van der Waals surface area contributed by atoms with E-state index in [4.69, 9.17) is 4.98 Å². The maximum atomic E-state index is 14.7. The Balaban J connectivity index is 1.43. The summed E-state index contributed by atoms with van der Waals surface area (Å²) in [7, 11) is 0. The molecule has 1 fully saturated rings. The van der Waals surface area contributed by atoms with Crippen molar-refractivity contribution in [1.29, 1.82) is 0 Å². The van der Waals surface area contributed by atoms with Gasteiger partial charge >= 0.3 is 0 Å². The van der Waals surface area contributed by atoms with E-state index < -0.39 is 0 Å². The van der Waals surface area contributed by atoms with Gasteiger partial charge in [-0.05, 0) is 106 Å². The van der Waals surface area contributed by atoms with Gasteiger partial charge in [-0.1, -0.05) is 52.3 Å². The molecule has 3 nitrogen and oxygen atoms in total. The third kappa shape index (κ3) is 9.11. The van der Waals surface area contributed by atoms with Crippen LogP contribution in [0.2, 0.25) is 0 Å². The zero-order valence-electron chi connectivity index (χ0n) is 22.0. The van der Waals surface area contributed by atoms with Gasteiger partial charge in [-0.25, -0.2) is 4.39 Å². The lowest BCUT2D eigenvalue weighted by Crippen LogP contribution is -2.39. The molecule has 0 radical (unpaired) electrons. The largest absolute Gasteiger partial charge is 0.317 e. The number of likely N-dealkylation sites (tertiary alicyclic amines) is 1. The van der Waals surface area contributed by atoms with Gasteiger partial charge in [0.25, 0.3) is 0 Å². The van der Waals surface area contributed by atoms with Crippen molar-refractivity contribution in [2.75, 3.05) is 32.7 Å². The number of halogens is 1. The van der Waals surface area contributed by atoms with E-state index in [2.05, 4.69) is 50.0 Å². The quantitative estimate of drug-likeness (QED) is 0.344. The molecule has 1 aliphatic rings. The normalized spacial score (nSPS) is 15.7. The summed E-state index contributed by atoms with van der Waals surface area (Å²) in [6, 6.07) is 9.90. The van der Waals surface area contributed by atoms with Crippen LogP contribution in [0.15, 0.2) is 36.5 Å². The first-order valence-corrected chi connectivity index (χ1v) is 13.5. The molecule has 2 aromatic rings. The summed E-state index contributed by atoms with van der Waals surface area (Å²) in [4.78, 5) is 7.33. The predicted molar refractivity (Wildman–Crippen MR) is 143 cm³/mol. The van der Waals surface area contributed by atoms with E-state index in [-0.39, 0.29) is 5.82 Å². The average molecular weight is 468 g/mol. The summed E-state index contributed by atoms with van der Waals surface area (Å²) in [5.41, 5.74) is 4.27. The van der Waals surface area contributed by atoms with E-state index in [9.17, 15) is 4.39 Å². The summed E-state index contributed by atoms with van der Waals surface area (Å²) in [6.45, 7) is 14.8. The van der Waals surface area contributed by atoms with Gasteiger partial charge < -0.3 is 10.2 Å². The van der Waals surface area contributed by atoms with Gasteiger partial charge in [0, 0.05) is 24.0 Å². The Bertz CT molecular complexity index is 848. The number of nitrogens with one attached hydrogen (secondary N) is 1. The lowest BCUT2D eigenvalue weighted by molar-refractivity contribution is 0.133. The number of benzene rings is 1. The molecule has 0 spiro atoms. The molecule has 4 heteroatoms.